The summed E-state index contributed by atoms with van der Waals surface area (Å²) in [6.07, 6.45) is 0.898. The van der Waals surface area contributed by atoms with Crippen LogP contribution in [0.1, 0.15) is 6.42 Å². The molecule has 0 saturated heterocycles. The summed E-state index contributed by atoms with van der Waals surface area (Å²) in [5.74, 6) is -1.25. The number of carboxylic acids is 1. The van der Waals surface area contributed by atoms with Crippen molar-refractivity contribution in [2.75, 3.05) is 0 Å². The van der Waals surface area contributed by atoms with Crippen molar-refractivity contribution >= 4 is 17.6 Å². The van der Waals surface area contributed by atoms with Crippen LogP contribution < -0.4 is 0 Å². The molecular weight excluding hydrogens is 180 g/mol. The Balaban J connectivity index is 4.29. The lowest BCUT2D eigenvalue weighted by Gasteiger charge is -1.99. The molecular formula is C8H9ClO3. The Morgan fingerprint density at radius 2 is 1.92 bits per heavy atom. The van der Waals surface area contributed by atoms with Crippen LogP contribution >= 0.6 is 11.6 Å². The normalized spacial score (nSPS) is 10.9. The summed E-state index contributed by atoms with van der Waals surface area (Å²) in [7, 11) is 0. The summed E-state index contributed by atoms with van der Waals surface area (Å²) in [6, 6.07) is 0. The van der Waals surface area contributed by atoms with Crippen LogP contribution in [0.25, 0.3) is 0 Å². The van der Waals surface area contributed by atoms with Crippen molar-refractivity contribution < 1.29 is 15.0 Å². The lowest BCUT2D eigenvalue weighted by molar-refractivity contribution is -0.136. The molecule has 0 unspecified atom stereocenters. The Morgan fingerprint density at radius 1 is 1.42 bits per heavy atom. The van der Waals surface area contributed by atoms with Crippen LogP contribution in [0.4, 0.5) is 0 Å². The van der Waals surface area contributed by atoms with Gasteiger partial charge in [-0.2, -0.15) is 0 Å². The molecule has 0 aromatic rings. The first-order valence-electron chi connectivity index (χ1n) is 3.08. The average Bonchev–Trinajstić information content (AvgIpc) is 1.84. The molecule has 0 heterocycles. The molecule has 0 rings (SSSR count). The molecule has 0 aliphatic carbocycles. The zero-order valence-electron chi connectivity index (χ0n) is 6.38. The number of halogens is 1. The lowest BCUT2D eigenvalue weighted by Crippen LogP contribution is -1.96. The van der Waals surface area contributed by atoms with Crippen LogP contribution in [0.5, 0.6) is 0 Å². The van der Waals surface area contributed by atoms with E-state index < -0.39 is 5.97 Å². The molecule has 0 radical (unpaired) electrons. The summed E-state index contributed by atoms with van der Waals surface area (Å²) in [5, 5.41) is 17.1. The Kier molecular flexibility index (Phi) is 4.15. The van der Waals surface area contributed by atoms with Gasteiger partial charge in [-0.15, -0.1) is 0 Å². The van der Waals surface area contributed by atoms with Crippen LogP contribution in [0.2, 0.25) is 0 Å². The number of rotatable bonds is 4. The maximum atomic E-state index is 10.2. The molecule has 0 amide bonds. The van der Waals surface area contributed by atoms with E-state index in [0.717, 1.165) is 6.08 Å². The highest BCUT2D eigenvalue weighted by Crippen LogP contribution is 2.17. The topological polar surface area (TPSA) is 57.5 Å². The fourth-order valence-electron chi connectivity index (χ4n) is 0.515. The van der Waals surface area contributed by atoms with Crippen molar-refractivity contribution in [1.82, 2.24) is 0 Å². The van der Waals surface area contributed by atoms with E-state index in [4.69, 9.17) is 21.8 Å². The molecule has 0 aromatic carbocycles. The number of hydrogen-bond acceptors (Lipinski definition) is 2. The zero-order valence-corrected chi connectivity index (χ0v) is 7.14. The minimum Gasteiger partial charge on any atom is -0.509 e. The van der Waals surface area contributed by atoms with Crippen molar-refractivity contribution in [3.8, 4) is 0 Å². The Labute approximate surface area is 75.3 Å². The molecule has 0 atom stereocenters. The highest BCUT2D eigenvalue weighted by Gasteiger charge is 2.04. The molecule has 0 aliphatic heterocycles. The highest BCUT2D eigenvalue weighted by molar-refractivity contribution is 6.32. The maximum Gasteiger partial charge on any atom is 0.307 e. The Hall–Kier alpha value is -1.22. The third-order valence-corrected chi connectivity index (χ3v) is 1.37. The second-order valence-electron chi connectivity index (χ2n) is 2.16. The van der Waals surface area contributed by atoms with Gasteiger partial charge in [-0.25, -0.2) is 0 Å². The Morgan fingerprint density at radius 3 is 2.25 bits per heavy atom. The van der Waals surface area contributed by atoms with Gasteiger partial charge < -0.3 is 10.2 Å². The molecule has 0 bridgehead atoms. The van der Waals surface area contributed by atoms with Gasteiger partial charge in [0.05, 0.1) is 6.42 Å². The first-order valence-corrected chi connectivity index (χ1v) is 3.46. The fourth-order valence-corrected chi connectivity index (χ4v) is 0.708. The smallest absolute Gasteiger partial charge is 0.307 e. The van der Waals surface area contributed by atoms with Gasteiger partial charge in [0.1, 0.15) is 5.76 Å². The molecule has 0 aliphatic rings. The molecule has 2 N–H and O–H groups in total. The summed E-state index contributed by atoms with van der Waals surface area (Å²) < 4.78 is 0. The number of carboxylic acid groups (broad SMARTS) is 1. The van der Waals surface area contributed by atoms with Crippen molar-refractivity contribution in [2.45, 2.75) is 6.42 Å². The molecule has 12 heavy (non-hydrogen) atoms. The predicted molar refractivity (Wildman–Crippen MR) is 47.1 cm³/mol. The third-order valence-electron chi connectivity index (χ3n) is 0.996. The van der Waals surface area contributed by atoms with Gasteiger partial charge >= 0.3 is 5.97 Å². The van der Waals surface area contributed by atoms with Crippen LogP contribution in [0, 0.1) is 0 Å². The van der Waals surface area contributed by atoms with Gasteiger partial charge in [-0.05, 0) is 11.6 Å². The quantitative estimate of drug-likeness (QED) is 0.525. The molecule has 3 nitrogen and oxygen atoms in total. The average molecular weight is 189 g/mol. The van der Waals surface area contributed by atoms with Crippen molar-refractivity contribution in [2.24, 2.45) is 0 Å². The van der Waals surface area contributed by atoms with Gasteiger partial charge in [0.15, 0.2) is 0 Å². The van der Waals surface area contributed by atoms with Crippen molar-refractivity contribution in [3.05, 3.63) is 35.6 Å². The number of allylic oxidation sites excluding steroid dienone is 2. The van der Waals surface area contributed by atoms with E-state index in [2.05, 4.69) is 13.2 Å². The van der Waals surface area contributed by atoms with Gasteiger partial charge in [0.25, 0.3) is 0 Å². The first-order chi connectivity index (χ1) is 5.43. The van der Waals surface area contributed by atoms with Gasteiger partial charge in [-0.3, -0.25) is 4.79 Å². The molecule has 0 fully saturated rings. The second kappa shape index (κ2) is 4.62. The van der Waals surface area contributed by atoms with Crippen LogP contribution in [0.15, 0.2) is 35.6 Å². The number of aliphatic hydroxyl groups is 1. The summed E-state index contributed by atoms with van der Waals surface area (Å²) in [4.78, 5) is 10.2. The molecule has 0 saturated carbocycles. The van der Waals surface area contributed by atoms with Gasteiger partial charge in [-0.1, -0.05) is 24.8 Å². The molecule has 0 spiro atoms. The van der Waals surface area contributed by atoms with E-state index in [9.17, 15) is 4.79 Å². The van der Waals surface area contributed by atoms with Gasteiger partial charge in [0.2, 0.25) is 0 Å². The van der Waals surface area contributed by atoms with Crippen molar-refractivity contribution in [3.63, 3.8) is 0 Å². The number of hydrogen-bond donors (Lipinski definition) is 2. The minimum absolute atomic E-state index is 0.102. The minimum atomic E-state index is -1.02. The Bertz CT molecular complexity index is 253. The van der Waals surface area contributed by atoms with E-state index in [1.54, 1.807) is 0 Å². The first kappa shape index (κ1) is 10.8. The summed E-state index contributed by atoms with van der Waals surface area (Å²) in [5.41, 5.74) is 0.236. The second-order valence-corrected chi connectivity index (χ2v) is 2.56. The van der Waals surface area contributed by atoms with E-state index in [1.807, 2.05) is 0 Å². The summed E-state index contributed by atoms with van der Waals surface area (Å²) in [6.45, 7) is 6.58. The zero-order chi connectivity index (χ0) is 9.72. The highest BCUT2D eigenvalue weighted by atomic mass is 35.5. The summed E-state index contributed by atoms with van der Waals surface area (Å²) >= 11 is 5.55. The molecule has 0 aromatic heterocycles. The standard InChI is InChI=1S/C8H9ClO3/c1-5(3-8(11)12)7(9)4-6(2)10/h4,10H,1-3H2,(H,11,12)/b7-4+. The molecule has 4 heteroatoms. The molecule has 66 valence electrons. The monoisotopic (exact) mass is 188 g/mol. The van der Waals surface area contributed by atoms with E-state index >= 15 is 0 Å². The van der Waals surface area contributed by atoms with Crippen LogP contribution in [0.3, 0.4) is 0 Å². The fraction of sp³-hybridized carbons (Fsp3) is 0.125. The number of aliphatic carboxylic acids is 1. The maximum absolute atomic E-state index is 10.2. The van der Waals surface area contributed by atoms with Crippen LogP contribution in [-0.4, -0.2) is 16.2 Å². The van der Waals surface area contributed by atoms with Crippen molar-refractivity contribution in [1.29, 1.82) is 0 Å². The van der Waals surface area contributed by atoms with E-state index in [-0.39, 0.29) is 22.8 Å². The largest absolute Gasteiger partial charge is 0.509 e. The van der Waals surface area contributed by atoms with E-state index in [0.29, 0.717) is 0 Å². The third kappa shape index (κ3) is 4.57. The SMILES string of the molecule is C=C(O)/C=C(/Cl)C(=C)CC(=O)O. The lowest BCUT2D eigenvalue weighted by atomic mass is 10.2. The predicted octanol–water partition coefficient (Wildman–Crippen LogP) is 2.21. The van der Waals surface area contributed by atoms with Gasteiger partial charge in [0, 0.05) is 5.03 Å². The number of aliphatic hydroxyl groups excluding tert-OH is 1. The number of carbonyl (C=O) groups is 1. The van der Waals surface area contributed by atoms with Crippen LogP contribution in [-0.2, 0) is 4.79 Å². The van der Waals surface area contributed by atoms with E-state index in [1.165, 1.54) is 0 Å².